The number of aryl methyl sites for hydroxylation is 1. The minimum Gasteiger partial charge on any atom is -0.310 e. The molecular weight excluding hydrogens is 273 g/mol. The van der Waals surface area contributed by atoms with E-state index >= 15 is 0 Å². The van der Waals surface area contributed by atoms with Crippen LogP contribution in [0.2, 0.25) is 0 Å². The smallest absolute Gasteiger partial charge is 0.192 e. The summed E-state index contributed by atoms with van der Waals surface area (Å²) in [6.45, 7) is 6.72. The van der Waals surface area contributed by atoms with Crippen LogP contribution in [0, 0.1) is 12.7 Å². The van der Waals surface area contributed by atoms with E-state index in [9.17, 15) is 4.39 Å². The van der Waals surface area contributed by atoms with Gasteiger partial charge in [0.15, 0.2) is 5.16 Å². The fraction of sp³-hybridized carbons (Fsp3) is 0.333. The van der Waals surface area contributed by atoms with Gasteiger partial charge in [0.2, 0.25) is 0 Å². The van der Waals surface area contributed by atoms with Crippen LogP contribution in [0.1, 0.15) is 25.0 Å². The van der Waals surface area contributed by atoms with Crippen molar-refractivity contribution in [2.45, 2.75) is 43.4 Å². The van der Waals surface area contributed by atoms with Gasteiger partial charge in [0.05, 0.1) is 4.90 Å². The number of halogens is 1. The van der Waals surface area contributed by atoms with Gasteiger partial charge in [-0.05, 0) is 41.9 Å². The second-order valence-electron chi connectivity index (χ2n) is 4.95. The maximum Gasteiger partial charge on any atom is 0.192 e. The zero-order chi connectivity index (χ0) is 14.5. The molecule has 1 aromatic heterocycles. The van der Waals surface area contributed by atoms with Gasteiger partial charge in [-0.25, -0.2) is 14.4 Å². The molecule has 20 heavy (non-hydrogen) atoms. The van der Waals surface area contributed by atoms with Crippen molar-refractivity contribution in [3.05, 3.63) is 47.5 Å². The summed E-state index contributed by atoms with van der Waals surface area (Å²) in [7, 11) is 0. The summed E-state index contributed by atoms with van der Waals surface area (Å²) in [5.74, 6) is -0.234. The Morgan fingerprint density at radius 3 is 2.55 bits per heavy atom. The Morgan fingerprint density at radius 2 is 1.95 bits per heavy atom. The number of hydrogen-bond donors (Lipinski definition) is 1. The summed E-state index contributed by atoms with van der Waals surface area (Å²) in [6.07, 6.45) is 3.46. The largest absolute Gasteiger partial charge is 0.310 e. The van der Waals surface area contributed by atoms with E-state index < -0.39 is 0 Å². The van der Waals surface area contributed by atoms with Crippen LogP contribution in [-0.2, 0) is 6.54 Å². The average molecular weight is 291 g/mol. The lowest BCUT2D eigenvalue weighted by Crippen LogP contribution is -2.21. The first-order valence-corrected chi connectivity index (χ1v) is 7.34. The molecule has 0 bridgehead atoms. The third-order valence-corrected chi connectivity index (χ3v) is 3.61. The second kappa shape index (κ2) is 6.81. The van der Waals surface area contributed by atoms with Crippen LogP contribution in [0.25, 0.3) is 0 Å². The molecule has 0 unspecified atom stereocenters. The van der Waals surface area contributed by atoms with Crippen LogP contribution in [0.15, 0.2) is 40.6 Å². The lowest BCUT2D eigenvalue weighted by molar-refractivity contribution is 0.574. The Kier molecular flexibility index (Phi) is 5.09. The summed E-state index contributed by atoms with van der Waals surface area (Å²) in [5, 5.41) is 3.82. The third kappa shape index (κ3) is 4.28. The van der Waals surface area contributed by atoms with Crippen molar-refractivity contribution >= 4 is 11.8 Å². The Labute approximate surface area is 123 Å². The Balaban J connectivity index is 2.07. The third-order valence-electron chi connectivity index (χ3n) is 2.67. The number of nitrogens with one attached hydrogen (secondary N) is 1. The van der Waals surface area contributed by atoms with Gasteiger partial charge >= 0.3 is 0 Å². The predicted octanol–water partition coefficient (Wildman–Crippen LogP) is 3.57. The van der Waals surface area contributed by atoms with E-state index in [1.165, 1.54) is 11.8 Å². The minimum atomic E-state index is -0.234. The molecular formula is C15H18FN3S. The summed E-state index contributed by atoms with van der Waals surface area (Å²) >= 11 is 1.24. The van der Waals surface area contributed by atoms with Crippen molar-refractivity contribution in [3.63, 3.8) is 0 Å². The molecule has 0 amide bonds. The number of rotatable bonds is 5. The minimum absolute atomic E-state index is 0.234. The van der Waals surface area contributed by atoms with Crippen molar-refractivity contribution < 1.29 is 4.39 Å². The van der Waals surface area contributed by atoms with Crippen LogP contribution < -0.4 is 5.32 Å². The van der Waals surface area contributed by atoms with Crippen molar-refractivity contribution in [1.29, 1.82) is 0 Å². The molecule has 0 saturated heterocycles. The second-order valence-corrected chi connectivity index (χ2v) is 5.95. The highest BCUT2D eigenvalue weighted by Gasteiger charge is 2.07. The molecule has 1 aromatic carbocycles. The number of aromatic nitrogens is 2. The van der Waals surface area contributed by atoms with Gasteiger partial charge in [-0.2, -0.15) is 0 Å². The molecule has 5 heteroatoms. The quantitative estimate of drug-likeness (QED) is 0.855. The first-order chi connectivity index (χ1) is 9.54. The highest BCUT2D eigenvalue weighted by molar-refractivity contribution is 7.99. The first-order valence-electron chi connectivity index (χ1n) is 6.53. The van der Waals surface area contributed by atoms with Gasteiger partial charge in [-0.1, -0.05) is 19.9 Å². The Bertz CT molecular complexity index is 570. The molecule has 1 N–H and O–H groups in total. The van der Waals surface area contributed by atoms with Gasteiger partial charge in [0, 0.05) is 25.0 Å². The highest BCUT2D eigenvalue weighted by atomic mass is 32.2. The summed E-state index contributed by atoms with van der Waals surface area (Å²) in [5.41, 5.74) is 1.93. The lowest BCUT2D eigenvalue weighted by Gasteiger charge is -2.09. The molecule has 0 saturated carbocycles. The maximum atomic E-state index is 14.0. The monoisotopic (exact) mass is 291 g/mol. The normalized spacial score (nSPS) is 11.1. The highest BCUT2D eigenvalue weighted by Crippen LogP contribution is 2.27. The van der Waals surface area contributed by atoms with Crippen molar-refractivity contribution in [2.75, 3.05) is 0 Å². The molecule has 2 aromatic rings. The topological polar surface area (TPSA) is 37.8 Å². The van der Waals surface area contributed by atoms with E-state index in [1.54, 1.807) is 24.5 Å². The summed E-state index contributed by atoms with van der Waals surface area (Å²) in [4.78, 5) is 8.88. The Morgan fingerprint density at radius 1 is 1.25 bits per heavy atom. The number of hydrogen-bond acceptors (Lipinski definition) is 4. The van der Waals surface area contributed by atoms with Crippen LogP contribution >= 0.6 is 11.8 Å². The molecule has 2 rings (SSSR count). The molecule has 1 heterocycles. The van der Waals surface area contributed by atoms with Crippen molar-refractivity contribution in [2.24, 2.45) is 0 Å². The molecule has 0 aliphatic carbocycles. The molecule has 0 atom stereocenters. The lowest BCUT2D eigenvalue weighted by atomic mass is 10.2. The molecule has 0 fully saturated rings. The van der Waals surface area contributed by atoms with Gasteiger partial charge in [-0.15, -0.1) is 0 Å². The summed E-state index contributed by atoms with van der Waals surface area (Å²) < 4.78 is 14.0. The van der Waals surface area contributed by atoms with Gasteiger partial charge < -0.3 is 5.32 Å². The standard InChI is InChI=1S/C15H18FN3S/c1-10(2)17-9-12-4-5-14(13(16)6-12)20-15-18-7-11(3)8-19-15/h4-8,10,17H,9H2,1-3H3. The maximum absolute atomic E-state index is 14.0. The van der Waals surface area contributed by atoms with E-state index in [4.69, 9.17) is 0 Å². The van der Waals surface area contributed by atoms with Crippen LogP contribution in [0.5, 0.6) is 0 Å². The molecule has 0 radical (unpaired) electrons. The van der Waals surface area contributed by atoms with E-state index in [-0.39, 0.29) is 5.82 Å². The number of nitrogens with zero attached hydrogens (tertiary/aromatic N) is 2. The molecule has 0 aliphatic heterocycles. The van der Waals surface area contributed by atoms with Crippen molar-refractivity contribution in [3.8, 4) is 0 Å². The molecule has 0 spiro atoms. The number of benzene rings is 1. The zero-order valence-corrected chi connectivity index (χ0v) is 12.7. The van der Waals surface area contributed by atoms with Crippen LogP contribution in [-0.4, -0.2) is 16.0 Å². The fourth-order valence-corrected chi connectivity index (χ4v) is 2.29. The van der Waals surface area contributed by atoms with Gasteiger partial charge in [0.25, 0.3) is 0 Å². The SMILES string of the molecule is Cc1cnc(Sc2ccc(CNC(C)C)cc2F)nc1. The predicted molar refractivity (Wildman–Crippen MR) is 79.3 cm³/mol. The Hall–Kier alpha value is -1.46. The van der Waals surface area contributed by atoms with E-state index in [2.05, 4.69) is 29.1 Å². The van der Waals surface area contributed by atoms with E-state index in [0.29, 0.717) is 22.6 Å². The average Bonchev–Trinajstić information content (AvgIpc) is 2.41. The van der Waals surface area contributed by atoms with E-state index in [0.717, 1.165) is 11.1 Å². The molecule has 0 aliphatic rings. The molecule has 106 valence electrons. The fourth-order valence-electron chi connectivity index (χ4n) is 1.59. The van der Waals surface area contributed by atoms with Crippen LogP contribution in [0.4, 0.5) is 4.39 Å². The first kappa shape index (κ1) is 14.9. The van der Waals surface area contributed by atoms with Crippen LogP contribution in [0.3, 0.4) is 0 Å². The van der Waals surface area contributed by atoms with E-state index in [1.807, 2.05) is 13.0 Å². The van der Waals surface area contributed by atoms with Crippen molar-refractivity contribution in [1.82, 2.24) is 15.3 Å². The zero-order valence-electron chi connectivity index (χ0n) is 11.9. The summed E-state index contributed by atoms with van der Waals surface area (Å²) in [6, 6.07) is 5.65. The molecule has 3 nitrogen and oxygen atoms in total. The van der Waals surface area contributed by atoms with Gasteiger partial charge in [0.1, 0.15) is 5.82 Å². The van der Waals surface area contributed by atoms with Gasteiger partial charge in [-0.3, -0.25) is 0 Å².